The molecule has 0 heterocycles. The average molecular weight is 556 g/mol. The monoisotopic (exact) mass is 554 g/mol. The molecule has 0 aliphatic rings. The van der Waals surface area contributed by atoms with Crippen molar-refractivity contribution in [1.82, 2.24) is 0 Å². The summed E-state index contributed by atoms with van der Waals surface area (Å²) in [6.45, 7) is 2.94. The molecule has 0 N–H and O–H groups in total. The van der Waals surface area contributed by atoms with Gasteiger partial charge in [0.25, 0.3) is 0 Å². The van der Waals surface area contributed by atoms with Crippen LogP contribution in [0.5, 0.6) is 11.5 Å². The smallest absolute Gasteiger partial charge is 0.343 e. The minimum atomic E-state index is -0.434. The Bertz CT molecular complexity index is 1150. The molecule has 3 aromatic rings. The lowest BCUT2D eigenvalue weighted by atomic mass is 10.1. The number of hydrogen-bond donors (Lipinski definition) is 0. The topological polar surface area (TPSA) is 60.2 Å². The highest BCUT2D eigenvalue weighted by atomic mass is 35.5. The normalized spacial score (nSPS) is 11.1. The van der Waals surface area contributed by atoms with E-state index in [1.165, 1.54) is 57.8 Å². The first-order valence-corrected chi connectivity index (χ1v) is 14.2. The first-order chi connectivity index (χ1) is 18.5. The summed E-state index contributed by atoms with van der Waals surface area (Å²) in [4.78, 5) is 12.5. The number of ether oxygens (including phenoxy) is 2. The Kier molecular flexibility index (Phi) is 13.2. The van der Waals surface area contributed by atoms with Gasteiger partial charge in [0.2, 0.25) is 0 Å². The summed E-state index contributed by atoms with van der Waals surface area (Å²) in [5.74, 6) is 0.746. The highest BCUT2D eigenvalue weighted by molar-refractivity contribution is 6.42. The van der Waals surface area contributed by atoms with Crippen molar-refractivity contribution in [3.8, 4) is 11.5 Å². The Hall–Kier alpha value is -2.89. The van der Waals surface area contributed by atoms with Gasteiger partial charge in [-0.2, -0.15) is 10.2 Å². The van der Waals surface area contributed by atoms with Gasteiger partial charge in [-0.15, -0.1) is 0 Å². The molecule has 0 amide bonds. The summed E-state index contributed by atoms with van der Waals surface area (Å²) < 4.78 is 11.3. The number of nitrogens with zero attached hydrogens (tertiary/aromatic N) is 2. The van der Waals surface area contributed by atoms with Gasteiger partial charge >= 0.3 is 5.97 Å². The number of carbonyl (C=O) groups is 1. The molecule has 0 spiro atoms. The van der Waals surface area contributed by atoms with E-state index in [0.717, 1.165) is 12.2 Å². The van der Waals surface area contributed by atoms with Gasteiger partial charge in [0.05, 0.1) is 33.6 Å². The van der Waals surface area contributed by atoms with E-state index in [1.807, 2.05) is 0 Å². The molecule has 38 heavy (non-hydrogen) atoms. The predicted molar refractivity (Wildman–Crippen MR) is 156 cm³/mol. The molecule has 0 saturated heterocycles. The molecule has 5 nitrogen and oxygen atoms in total. The third-order valence-electron chi connectivity index (χ3n) is 6.09. The van der Waals surface area contributed by atoms with Crippen LogP contribution in [0.2, 0.25) is 10.0 Å². The standard InChI is InChI=1S/C31H36Cl2N2O3/c1-2-3-4-5-6-7-8-9-10-11-22-37-27-17-12-24(13-18-27)31(36)38-28-19-14-25(15-20-28)34-35-26-16-21-29(32)30(33)23-26/h12-21,23H,2-11,22H2,1H3. The van der Waals surface area contributed by atoms with Crippen LogP contribution in [0.25, 0.3) is 0 Å². The van der Waals surface area contributed by atoms with Crippen LogP contribution < -0.4 is 9.47 Å². The van der Waals surface area contributed by atoms with Crippen LogP contribution in [0, 0.1) is 0 Å². The summed E-state index contributed by atoms with van der Waals surface area (Å²) in [6.07, 6.45) is 13.0. The average Bonchev–Trinajstić information content (AvgIpc) is 2.93. The molecule has 202 valence electrons. The highest BCUT2D eigenvalue weighted by Crippen LogP contribution is 2.28. The maximum atomic E-state index is 12.5. The summed E-state index contributed by atoms with van der Waals surface area (Å²) in [7, 11) is 0. The molecule has 0 fully saturated rings. The van der Waals surface area contributed by atoms with Crippen molar-refractivity contribution < 1.29 is 14.3 Å². The van der Waals surface area contributed by atoms with Crippen molar-refractivity contribution in [2.75, 3.05) is 6.61 Å². The third-order valence-corrected chi connectivity index (χ3v) is 6.83. The molecule has 0 radical (unpaired) electrons. The second-order valence-electron chi connectivity index (χ2n) is 9.24. The van der Waals surface area contributed by atoms with E-state index >= 15 is 0 Å². The van der Waals surface area contributed by atoms with E-state index in [9.17, 15) is 4.79 Å². The van der Waals surface area contributed by atoms with Crippen LogP contribution in [0.4, 0.5) is 11.4 Å². The molecular formula is C31H36Cl2N2O3. The second-order valence-corrected chi connectivity index (χ2v) is 10.1. The van der Waals surface area contributed by atoms with Gasteiger partial charge in [-0.1, -0.05) is 87.9 Å². The summed E-state index contributed by atoms with van der Waals surface area (Å²) in [5, 5.41) is 9.18. The molecular weight excluding hydrogens is 519 g/mol. The fourth-order valence-corrected chi connectivity index (χ4v) is 4.17. The van der Waals surface area contributed by atoms with E-state index < -0.39 is 5.97 Å². The molecule has 0 saturated carbocycles. The Morgan fingerprint density at radius 1 is 0.658 bits per heavy atom. The van der Waals surface area contributed by atoms with Crippen molar-refractivity contribution >= 4 is 40.5 Å². The number of benzene rings is 3. The molecule has 0 aliphatic carbocycles. The molecule has 0 bridgehead atoms. The lowest BCUT2D eigenvalue weighted by Crippen LogP contribution is -2.08. The summed E-state index contributed by atoms with van der Waals surface area (Å²) in [6, 6.07) is 18.8. The van der Waals surface area contributed by atoms with Gasteiger partial charge in [-0.3, -0.25) is 0 Å². The zero-order valence-electron chi connectivity index (χ0n) is 22.0. The Morgan fingerprint density at radius 2 is 1.21 bits per heavy atom. The van der Waals surface area contributed by atoms with E-state index in [4.69, 9.17) is 32.7 Å². The second kappa shape index (κ2) is 16.8. The summed E-state index contributed by atoms with van der Waals surface area (Å²) >= 11 is 11.9. The maximum absolute atomic E-state index is 12.5. The number of unbranched alkanes of at least 4 members (excludes halogenated alkanes) is 9. The predicted octanol–water partition coefficient (Wildman–Crippen LogP) is 10.9. The fourth-order valence-electron chi connectivity index (χ4n) is 3.88. The van der Waals surface area contributed by atoms with Gasteiger partial charge in [-0.05, 0) is 73.2 Å². The molecule has 3 aromatic carbocycles. The highest BCUT2D eigenvalue weighted by Gasteiger charge is 2.09. The quantitative estimate of drug-likeness (QED) is 0.0764. The first kappa shape index (κ1) is 29.7. The molecule has 0 atom stereocenters. The fraction of sp³-hybridized carbons (Fsp3) is 0.387. The number of halogens is 2. The van der Waals surface area contributed by atoms with Crippen molar-refractivity contribution in [3.05, 3.63) is 82.3 Å². The number of hydrogen-bond acceptors (Lipinski definition) is 5. The van der Waals surface area contributed by atoms with Crippen LogP contribution in [-0.4, -0.2) is 12.6 Å². The number of carbonyl (C=O) groups excluding carboxylic acids is 1. The van der Waals surface area contributed by atoms with Gasteiger partial charge < -0.3 is 9.47 Å². The Morgan fingerprint density at radius 3 is 1.84 bits per heavy atom. The number of azo groups is 1. The minimum Gasteiger partial charge on any atom is -0.494 e. The van der Waals surface area contributed by atoms with Gasteiger partial charge in [0.1, 0.15) is 11.5 Å². The number of rotatable bonds is 16. The van der Waals surface area contributed by atoms with E-state index in [1.54, 1.807) is 66.7 Å². The van der Waals surface area contributed by atoms with Crippen LogP contribution in [-0.2, 0) is 0 Å². The van der Waals surface area contributed by atoms with Crippen molar-refractivity contribution in [1.29, 1.82) is 0 Å². The minimum absolute atomic E-state index is 0.416. The van der Waals surface area contributed by atoms with E-state index in [0.29, 0.717) is 39.3 Å². The van der Waals surface area contributed by atoms with Crippen LogP contribution in [0.1, 0.15) is 81.5 Å². The molecule has 0 aromatic heterocycles. The maximum Gasteiger partial charge on any atom is 0.343 e. The SMILES string of the molecule is CCCCCCCCCCCCOc1ccc(C(=O)Oc2ccc(N=Nc3ccc(Cl)c(Cl)c3)cc2)cc1. The van der Waals surface area contributed by atoms with E-state index in [-0.39, 0.29) is 0 Å². The van der Waals surface area contributed by atoms with Crippen molar-refractivity contribution in [2.45, 2.75) is 71.1 Å². The summed E-state index contributed by atoms with van der Waals surface area (Å²) in [5.41, 5.74) is 1.66. The van der Waals surface area contributed by atoms with Gasteiger partial charge in [0, 0.05) is 0 Å². The molecule has 3 rings (SSSR count). The third kappa shape index (κ3) is 10.8. The lowest BCUT2D eigenvalue weighted by Gasteiger charge is -2.08. The largest absolute Gasteiger partial charge is 0.494 e. The van der Waals surface area contributed by atoms with Crippen LogP contribution in [0.15, 0.2) is 77.0 Å². The molecule has 0 unspecified atom stereocenters. The van der Waals surface area contributed by atoms with E-state index in [2.05, 4.69) is 17.2 Å². The Labute approximate surface area is 236 Å². The zero-order chi connectivity index (χ0) is 27.0. The van der Waals surface area contributed by atoms with Crippen LogP contribution >= 0.6 is 23.2 Å². The molecule has 0 aliphatic heterocycles. The number of esters is 1. The first-order valence-electron chi connectivity index (χ1n) is 13.5. The van der Waals surface area contributed by atoms with Crippen LogP contribution in [0.3, 0.4) is 0 Å². The van der Waals surface area contributed by atoms with Crippen molar-refractivity contribution in [3.63, 3.8) is 0 Å². The lowest BCUT2D eigenvalue weighted by molar-refractivity contribution is 0.0734. The molecule has 7 heteroatoms. The van der Waals surface area contributed by atoms with Crippen molar-refractivity contribution in [2.24, 2.45) is 10.2 Å². The Balaban J connectivity index is 1.34. The zero-order valence-corrected chi connectivity index (χ0v) is 23.5. The van der Waals surface area contributed by atoms with Gasteiger partial charge in [-0.25, -0.2) is 4.79 Å². The van der Waals surface area contributed by atoms with Gasteiger partial charge in [0.15, 0.2) is 0 Å².